The average molecular weight is 135 g/mol. The standard InChI is InChI=1S/C9H11N.H2/c1-3-4-9-5-6-10-8(2)7-9;/h3-7H,1-2H3;1H/b4-3+;. The lowest BCUT2D eigenvalue weighted by molar-refractivity contribution is 1.20. The van der Waals surface area contributed by atoms with Gasteiger partial charge in [0.25, 0.3) is 0 Å². The highest BCUT2D eigenvalue weighted by Crippen LogP contribution is 2.01. The van der Waals surface area contributed by atoms with Gasteiger partial charge in [0.1, 0.15) is 0 Å². The molecule has 1 aromatic rings. The lowest BCUT2D eigenvalue weighted by atomic mass is 10.2. The molecule has 0 atom stereocenters. The summed E-state index contributed by atoms with van der Waals surface area (Å²) in [6.07, 6.45) is 5.91. The van der Waals surface area contributed by atoms with E-state index in [9.17, 15) is 0 Å². The third-order valence-corrected chi connectivity index (χ3v) is 1.28. The predicted molar refractivity (Wildman–Crippen MR) is 45.8 cm³/mol. The molecule has 1 heterocycles. The van der Waals surface area contributed by atoms with Gasteiger partial charge in [-0.2, -0.15) is 0 Å². The van der Waals surface area contributed by atoms with Crippen LogP contribution >= 0.6 is 0 Å². The molecular formula is C9H13N. The molecule has 0 spiro atoms. The zero-order valence-electron chi connectivity index (χ0n) is 6.33. The molecule has 0 saturated carbocycles. The van der Waals surface area contributed by atoms with Crippen LogP contribution in [0.3, 0.4) is 0 Å². The van der Waals surface area contributed by atoms with Crippen molar-refractivity contribution < 1.29 is 1.43 Å². The Morgan fingerprint density at radius 3 is 3.00 bits per heavy atom. The summed E-state index contributed by atoms with van der Waals surface area (Å²) in [5.74, 6) is 0. The molecule has 0 saturated heterocycles. The minimum Gasteiger partial charge on any atom is -0.262 e. The Balaban J connectivity index is 0.000001000. The smallest absolute Gasteiger partial charge is 0.0378 e. The number of rotatable bonds is 1. The van der Waals surface area contributed by atoms with Crippen LogP contribution in [-0.2, 0) is 0 Å². The summed E-state index contributed by atoms with van der Waals surface area (Å²) in [5, 5.41) is 0. The van der Waals surface area contributed by atoms with Gasteiger partial charge in [-0.05, 0) is 31.5 Å². The maximum atomic E-state index is 4.09. The van der Waals surface area contributed by atoms with E-state index in [0.717, 1.165) is 5.69 Å². The molecule has 0 radical (unpaired) electrons. The zero-order valence-corrected chi connectivity index (χ0v) is 6.33. The summed E-state index contributed by atoms with van der Waals surface area (Å²) >= 11 is 0. The van der Waals surface area contributed by atoms with Crippen LogP contribution < -0.4 is 0 Å². The number of hydrogen-bond donors (Lipinski definition) is 0. The van der Waals surface area contributed by atoms with E-state index >= 15 is 0 Å². The fraction of sp³-hybridized carbons (Fsp3) is 0.222. The summed E-state index contributed by atoms with van der Waals surface area (Å²) in [7, 11) is 0. The van der Waals surface area contributed by atoms with Crippen molar-refractivity contribution in [2.45, 2.75) is 13.8 Å². The molecule has 0 unspecified atom stereocenters. The van der Waals surface area contributed by atoms with Gasteiger partial charge < -0.3 is 0 Å². The van der Waals surface area contributed by atoms with E-state index in [2.05, 4.69) is 17.1 Å². The normalized spacial score (nSPS) is 10.6. The van der Waals surface area contributed by atoms with Gasteiger partial charge in [0, 0.05) is 13.3 Å². The first-order chi connectivity index (χ1) is 4.83. The second-order valence-corrected chi connectivity index (χ2v) is 2.23. The monoisotopic (exact) mass is 135 g/mol. The third-order valence-electron chi connectivity index (χ3n) is 1.28. The van der Waals surface area contributed by atoms with Gasteiger partial charge in [-0.1, -0.05) is 12.2 Å². The highest BCUT2D eigenvalue weighted by molar-refractivity contribution is 5.48. The molecule has 0 aromatic carbocycles. The van der Waals surface area contributed by atoms with Crippen molar-refractivity contribution in [3.63, 3.8) is 0 Å². The van der Waals surface area contributed by atoms with E-state index in [0.29, 0.717) is 0 Å². The first-order valence-corrected chi connectivity index (χ1v) is 3.38. The van der Waals surface area contributed by atoms with E-state index < -0.39 is 0 Å². The Bertz CT molecular complexity index is 243. The van der Waals surface area contributed by atoms with Gasteiger partial charge in [-0.25, -0.2) is 0 Å². The Kier molecular flexibility index (Phi) is 2.21. The Labute approximate surface area is 62.9 Å². The third kappa shape index (κ3) is 1.69. The molecule has 0 aliphatic heterocycles. The van der Waals surface area contributed by atoms with Crippen LogP contribution in [-0.4, -0.2) is 4.98 Å². The zero-order chi connectivity index (χ0) is 7.40. The minimum atomic E-state index is 0. The molecular weight excluding hydrogens is 122 g/mol. The van der Waals surface area contributed by atoms with Crippen LogP contribution in [0, 0.1) is 6.92 Å². The van der Waals surface area contributed by atoms with Crippen LogP contribution in [0.15, 0.2) is 24.4 Å². The van der Waals surface area contributed by atoms with Crippen molar-refractivity contribution in [1.29, 1.82) is 0 Å². The number of nitrogens with zero attached hydrogens (tertiary/aromatic N) is 1. The SMILES string of the molecule is C/C=C/c1ccnc(C)c1.[HH]. The maximum Gasteiger partial charge on any atom is 0.0378 e. The van der Waals surface area contributed by atoms with E-state index in [1.165, 1.54) is 5.56 Å². The molecule has 0 amide bonds. The summed E-state index contributed by atoms with van der Waals surface area (Å²) in [4.78, 5) is 4.09. The first-order valence-electron chi connectivity index (χ1n) is 3.38. The minimum absolute atomic E-state index is 0. The predicted octanol–water partition coefficient (Wildman–Crippen LogP) is 2.67. The van der Waals surface area contributed by atoms with Crippen molar-refractivity contribution in [3.05, 3.63) is 35.7 Å². The van der Waals surface area contributed by atoms with Crippen LogP contribution in [0.1, 0.15) is 19.6 Å². The second kappa shape index (κ2) is 3.16. The number of aromatic nitrogens is 1. The number of hydrogen-bond acceptors (Lipinski definition) is 1. The van der Waals surface area contributed by atoms with Crippen molar-refractivity contribution in [2.75, 3.05) is 0 Å². The maximum absolute atomic E-state index is 4.09. The molecule has 10 heavy (non-hydrogen) atoms. The van der Waals surface area contributed by atoms with Gasteiger partial charge in [0.05, 0.1) is 0 Å². The second-order valence-electron chi connectivity index (χ2n) is 2.23. The van der Waals surface area contributed by atoms with Gasteiger partial charge in [-0.15, -0.1) is 0 Å². The molecule has 1 aromatic heterocycles. The van der Waals surface area contributed by atoms with Gasteiger partial charge in [-0.3, -0.25) is 4.98 Å². The van der Waals surface area contributed by atoms with E-state index in [4.69, 9.17) is 0 Å². The van der Waals surface area contributed by atoms with Crippen molar-refractivity contribution in [2.24, 2.45) is 0 Å². The molecule has 0 fully saturated rings. The van der Waals surface area contributed by atoms with Crippen LogP contribution in [0.2, 0.25) is 0 Å². The Hall–Kier alpha value is -1.11. The first kappa shape index (κ1) is 7.00. The number of allylic oxidation sites excluding steroid dienone is 1. The fourth-order valence-electron chi connectivity index (χ4n) is 0.864. The lowest BCUT2D eigenvalue weighted by Gasteiger charge is -1.92. The fourth-order valence-corrected chi connectivity index (χ4v) is 0.864. The number of pyridine rings is 1. The molecule has 0 aliphatic rings. The van der Waals surface area contributed by atoms with Crippen molar-refractivity contribution in [3.8, 4) is 0 Å². The van der Waals surface area contributed by atoms with Crippen molar-refractivity contribution >= 4 is 6.08 Å². The van der Waals surface area contributed by atoms with E-state index in [1.807, 2.05) is 32.2 Å². The Morgan fingerprint density at radius 1 is 1.60 bits per heavy atom. The van der Waals surface area contributed by atoms with Crippen LogP contribution in [0.5, 0.6) is 0 Å². The highest BCUT2D eigenvalue weighted by atomic mass is 14.6. The largest absolute Gasteiger partial charge is 0.262 e. The molecule has 1 heteroatoms. The molecule has 0 bridgehead atoms. The molecule has 0 aliphatic carbocycles. The molecule has 1 nitrogen and oxygen atoms in total. The van der Waals surface area contributed by atoms with E-state index in [1.54, 1.807) is 0 Å². The van der Waals surface area contributed by atoms with Gasteiger partial charge in [0.2, 0.25) is 0 Å². The van der Waals surface area contributed by atoms with Crippen molar-refractivity contribution in [1.82, 2.24) is 4.98 Å². The quantitative estimate of drug-likeness (QED) is 0.577. The summed E-state index contributed by atoms with van der Waals surface area (Å²) in [6, 6.07) is 4.05. The van der Waals surface area contributed by atoms with E-state index in [-0.39, 0.29) is 1.43 Å². The molecule has 1 rings (SSSR count). The summed E-state index contributed by atoms with van der Waals surface area (Å²) in [6.45, 7) is 4.00. The Morgan fingerprint density at radius 2 is 2.40 bits per heavy atom. The average Bonchev–Trinajstić information content (AvgIpc) is 1.88. The number of aryl methyl sites for hydroxylation is 1. The molecule has 54 valence electrons. The summed E-state index contributed by atoms with van der Waals surface area (Å²) in [5.41, 5.74) is 2.28. The highest BCUT2D eigenvalue weighted by Gasteiger charge is 1.85. The molecule has 0 N–H and O–H groups in total. The summed E-state index contributed by atoms with van der Waals surface area (Å²) < 4.78 is 0. The topological polar surface area (TPSA) is 12.9 Å². The van der Waals surface area contributed by atoms with Gasteiger partial charge in [0.15, 0.2) is 0 Å². The lowest BCUT2D eigenvalue weighted by Crippen LogP contribution is -1.79. The van der Waals surface area contributed by atoms with Gasteiger partial charge >= 0.3 is 0 Å². The van der Waals surface area contributed by atoms with Crippen LogP contribution in [0.25, 0.3) is 6.08 Å². The van der Waals surface area contributed by atoms with Crippen LogP contribution in [0.4, 0.5) is 0 Å².